The van der Waals surface area contributed by atoms with Crippen LogP contribution in [0.4, 0.5) is 4.39 Å². The average Bonchev–Trinajstić information content (AvgIpc) is 2.59. The second kappa shape index (κ2) is 8.62. The molecule has 0 unspecified atom stereocenters. The molecule has 124 valence electrons. The summed E-state index contributed by atoms with van der Waals surface area (Å²) >= 11 is 0. The van der Waals surface area contributed by atoms with Crippen molar-refractivity contribution in [2.45, 2.75) is 13.5 Å². The van der Waals surface area contributed by atoms with Crippen LogP contribution in [0.25, 0.3) is 6.08 Å². The summed E-state index contributed by atoms with van der Waals surface area (Å²) in [6.45, 7) is 2.04. The first-order valence-corrected chi connectivity index (χ1v) is 7.45. The van der Waals surface area contributed by atoms with Gasteiger partial charge in [0, 0.05) is 6.08 Å². The van der Waals surface area contributed by atoms with Gasteiger partial charge in [0.15, 0.2) is 0 Å². The molecule has 2 aromatic carbocycles. The fourth-order valence-electron chi connectivity index (χ4n) is 1.96. The van der Waals surface area contributed by atoms with E-state index in [1.165, 1.54) is 24.3 Å². The van der Waals surface area contributed by atoms with Gasteiger partial charge in [-0.2, -0.15) is 0 Å². The molecule has 0 saturated carbocycles. The van der Waals surface area contributed by atoms with Gasteiger partial charge in [-0.25, -0.2) is 14.0 Å². The Bertz CT molecular complexity index is 738. The minimum atomic E-state index is -0.739. The minimum absolute atomic E-state index is 0.0730. The van der Waals surface area contributed by atoms with Gasteiger partial charge >= 0.3 is 11.9 Å². The molecule has 0 aromatic heterocycles. The van der Waals surface area contributed by atoms with Crippen LogP contribution in [0.2, 0.25) is 0 Å². The van der Waals surface area contributed by atoms with Gasteiger partial charge in [-0.1, -0.05) is 36.4 Å². The van der Waals surface area contributed by atoms with E-state index in [4.69, 9.17) is 9.47 Å². The maximum absolute atomic E-state index is 14.0. The van der Waals surface area contributed by atoms with Gasteiger partial charge in [-0.3, -0.25) is 0 Å². The molecule has 0 aliphatic rings. The van der Waals surface area contributed by atoms with Crippen LogP contribution in [0.5, 0.6) is 0 Å². The maximum Gasteiger partial charge on any atom is 0.341 e. The van der Waals surface area contributed by atoms with E-state index in [2.05, 4.69) is 0 Å². The Hall–Kier alpha value is -2.95. The summed E-state index contributed by atoms with van der Waals surface area (Å²) in [7, 11) is 0. The smallest absolute Gasteiger partial charge is 0.341 e. The van der Waals surface area contributed by atoms with Crippen molar-refractivity contribution in [1.82, 2.24) is 0 Å². The normalized spacial score (nSPS) is 10.6. The van der Waals surface area contributed by atoms with Gasteiger partial charge in [-0.05, 0) is 36.3 Å². The number of carbonyl (C=O) groups is 2. The van der Waals surface area contributed by atoms with Crippen molar-refractivity contribution >= 4 is 18.0 Å². The van der Waals surface area contributed by atoms with Crippen molar-refractivity contribution in [3.63, 3.8) is 0 Å². The molecule has 0 radical (unpaired) electrons. The highest BCUT2D eigenvalue weighted by atomic mass is 19.1. The monoisotopic (exact) mass is 328 g/mol. The molecule has 2 aromatic rings. The highest BCUT2D eigenvalue weighted by Gasteiger charge is 2.13. The topological polar surface area (TPSA) is 52.6 Å². The molecule has 0 heterocycles. The molecule has 4 nitrogen and oxygen atoms in total. The summed E-state index contributed by atoms with van der Waals surface area (Å²) in [6, 6.07) is 13.1. The predicted octanol–water partition coefficient (Wildman–Crippen LogP) is 3.76. The third-order valence-corrected chi connectivity index (χ3v) is 3.12. The first-order chi connectivity index (χ1) is 11.6. The van der Waals surface area contributed by atoms with Gasteiger partial charge in [0.25, 0.3) is 0 Å². The summed E-state index contributed by atoms with van der Waals surface area (Å²) in [5, 5.41) is 0. The number of rotatable bonds is 6. The number of ether oxygens (including phenoxy) is 2. The summed E-state index contributed by atoms with van der Waals surface area (Å²) in [5.74, 6) is -1.96. The van der Waals surface area contributed by atoms with Gasteiger partial charge in [0.2, 0.25) is 0 Å². The first-order valence-electron chi connectivity index (χ1n) is 7.45. The van der Waals surface area contributed by atoms with Crippen LogP contribution >= 0.6 is 0 Å². The van der Waals surface area contributed by atoms with E-state index in [1.807, 2.05) is 30.3 Å². The van der Waals surface area contributed by atoms with Gasteiger partial charge in [0.1, 0.15) is 12.4 Å². The van der Waals surface area contributed by atoms with Crippen LogP contribution < -0.4 is 0 Å². The fraction of sp³-hybridized carbons (Fsp3) is 0.158. The number of hydrogen-bond acceptors (Lipinski definition) is 4. The minimum Gasteiger partial charge on any atom is -0.463 e. The second-order valence-corrected chi connectivity index (χ2v) is 4.89. The molecule has 0 bridgehead atoms. The zero-order chi connectivity index (χ0) is 17.4. The van der Waals surface area contributed by atoms with Crippen molar-refractivity contribution in [1.29, 1.82) is 0 Å². The van der Waals surface area contributed by atoms with Crippen molar-refractivity contribution < 1.29 is 23.5 Å². The molecule has 0 fully saturated rings. The van der Waals surface area contributed by atoms with Crippen LogP contribution in [0.1, 0.15) is 28.4 Å². The zero-order valence-electron chi connectivity index (χ0n) is 13.2. The highest BCUT2D eigenvalue weighted by Crippen LogP contribution is 2.14. The molecular weight excluding hydrogens is 311 g/mol. The van der Waals surface area contributed by atoms with Crippen LogP contribution in [-0.2, 0) is 20.9 Å². The van der Waals surface area contributed by atoms with Gasteiger partial charge in [0.05, 0.1) is 12.2 Å². The van der Waals surface area contributed by atoms with Crippen molar-refractivity contribution in [3.05, 3.63) is 77.1 Å². The van der Waals surface area contributed by atoms with Crippen LogP contribution in [0.3, 0.4) is 0 Å². The van der Waals surface area contributed by atoms with E-state index in [0.717, 1.165) is 11.6 Å². The SMILES string of the molecule is CCOC(=O)C=Cc1ccc(C(=O)OCc2ccccc2)c(F)c1. The summed E-state index contributed by atoms with van der Waals surface area (Å²) < 4.78 is 23.9. The van der Waals surface area contributed by atoms with E-state index in [0.29, 0.717) is 5.56 Å². The predicted molar refractivity (Wildman–Crippen MR) is 87.6 cm³/mol. The van der Waals surface area contributed by atoms with Crippen LogP contribution in [-0.4, -0.2) is 18.5 Å². The van der Waals surface area contributed by atoms with Gasteiger partial charge < -0.3 is 9.47 Å². The number of esters is 2. The lowest BCUT2D eigenvalue weighted by molar-refractivity contribution is -0.137. The van der Waals surface area contributed by atoms with E-state index in [9.17, 15) is 14.0 Å². The molecule has 5 heteroatoms. The lowest BCUT2D eigenvalue weighted by atomic mass is 10.1. The molecule has 0 aliphatic carbocycles. The standard InChI is InChI=1S/C19H17FO4/c1-2-23-18(21)11-9-14-8-10-16(17(20)12-14)19(22)24-13-15-6-4-3-5-7-15/h3-12H,2,13H2,1H3. The zero-order valence-corrected chi connectivity index (χ0v) is 13.2. The molecule has 2 rings (SSSR count). The van der Waals surface area contributed by atoms with Crippen molar-refractivity contribution in [2.75, 3.05) is 6.61 Å². The molecular formula is C19H17FO4. The third kappa shape index (κ3) is 5.05. The molecule has 24 heavy (non-hydrogen) atoms. The molecule has 0 amide bonds. The number of hydrogen-bond donors (Lipinski definition) is 0. The summed E-state index contributed by atoms with van der Waals surface area (Å²) in [5.41, 5.74) is 1.11. The van der Waals surface area contributed by atoms with Gasteiger partial charge in [-0.15, -0.1) is 0 Å². The Morgan fingerprint density at radius 2 is 1.83 bits per heavy atom. The van der Waals surface area contributed by atoms with E-state index in [-0.39, 0.29) is 18.8 Å². The van der Waals surface area contributed by atoms with E-state index < -0.39 is 17.8 Å². The molecule has 0 saturated heterocycles. The summed E-state index contributed by atoms with van der Waals surface area (Å²) in [6.07, 6.45) is 2.62. The Labute approximate surface area is 139 Å². The summed E-state index contributed by atoms with van der Waals surface area (Å²) in [4.78, 5) is 23.2. The Morgan fingerprint density at radius 1 is 1.08 bits per heavy atom. The number of benzene rings is 2. The third-order valence-electron chi connectivity index (χ3n) is 3.12. The van der Waals surface area contributed by atoms with E-state index >= 15 is 0 Å². The maximum atomic E-state index is 14.0. The second-order valence-electron chi connectivity index (χ2n) is 4.89. The highest BCUT2D eigenvalue weighted by molar-refractivity contribution is 5.90. The van der Waals surface area contributed by atoms with Crippen molar-refractivity contribution in [2.24, 2.45) is 0 Å². The van der Waals surface area contributed by atoms with Crippen molar-refractivity contribution in [3.8, 4) is 0 Å². The average molecular weight is 328 g/mol. The molecule has 0 atom stereocenters. The largest absolute Gasteiger partial charge is 0.463 e. The fourth-order valence-corrected chi connectivity index (χ4v) is 1.96. The quantitative estimate of drug-likeness (QED) is 0.598. The lowest BCUT2D eigenvalue weighted by Crippen LogP contribution is -2.07. The molecule has 0 N–H and O–H groups in total. The Balaban J connectivity index is 2.01. The Morgan fingerprint density at radius 3 is 2.50 bits per heavy atom. The first kappa shape index (κ1) is 17.4. The van der Waals surface area contributed by atoms with E-state index in [1.54, 1.807) is 6.92 Å². The lowest BCUT2D eigenvalue weighted by Gasteiger charge is -2.06. The molecule has 0 aliphatic heterocycles. The molecule has 0 spiro atoms. The number of halogens is 1. The number of carbonyl (C=O) groups excluding carboxylic acids is 2. The van der Waals surface area contributed by atoms with Crippen LogP contribution in [0.15, 0.2) is 54.6 Å². The Kier molecular flexibility index (Phi) is 6.25. The van der Waals surface area contributed by atoms with Crippen LogP contribution in [0, 0.1) is 5.82 Å².